The van der Waals surface area contributed by atoms with Crippen molar-refractivity contribution in [3.05, 3.63) is 65.2 Å². The summed E-state index contributed by atoms with van der Waals surface area (Å²) in [6, 6.07) is 14.9. The molecule has 0 unspecified atom stereocenters. The molecule has 1 amide bonds. The molecule has 0 radical (unpaired) electrons. The van der Waals surface area contributed by atoms with Gasteiger partial charge in [0.15, 0.2) is 9.84 Å². The van der Waals surface area contributed by atoms with Crippen molar-refractivity contribution in [3.63, 3.8) is 0 Å². The first-order chi connectivity index (χ1) is 12.3. The van der Waals surface area contributed by atoms with Gasteiger partial charge < -0.3 is 4.90 Å². The van der Waals surface area contributed by atoms with Crippen molar-refractivity contribution in [2.75, 3.05) is 6.26 Å². The summed E-state index contributed by atoms with van der Waals surface area (Å²) < 4.78 is 23.6. The number of carbonyl (C=O) groups excluding carboxylic acids is 1. The van der Waals surface area contributed by atoms with Crippen molar-refractivity contribution in [2.45, 2.75) is 50.1 Å². The molecule has 0 bridgehead atoms. The van der Waals surface area contributed by atoms with E-state index in [0.717, 1.165) is 24.7 Å². The minimum Gasteiger partial charge on any atom is -0.331 e. The lowest BCUT2D eigenvalue weighted by Gasteiger charge is -2.23. The first-order valence-corrected chi connectivity index (χ1v) is 10.8. The van der Waals surface area contributed by atoms with E-state index >= 15 is 0 Å². The largest absolute Gasteiger partial charge is 0.331 e. The average molecular weight is 372 g/mol. The number of carbonyl (C=O) groups is 1. The third kappa shape index (κ3) is 4.33. The van der Waals surface area contributed by atoms with Crippen molar-refractivity contribution in [2.24, 2.45) is 0 Å². The molecule has 0 spiro atoms. The summed E-state index contributed by atoms with van der Waals surface area (Å²) in [6.45, 7) is 4.86. The van der Waals surface area contributed by atoms with Crippen LogP contribution in [0.15, 0.2) is 53.4 Å². The molecule has 0 atom stereocenters. The maximum absolute atomic E-state index is 13.0. The average Bonchev–Trinajstić information content (AvgIpc) is 3.44. The molecule has 0 aromatic heterocycles. The smallest absolute Gasteiger partial charge is 0.254 e. The molecule has 0 N–H and O–H groups in total. The van der Waals surface area contributed by atoms with E-state index in [1.807, 2.05) is 4.90 Å². The van der Waals surface area contributed by atoms with Gasteiger partial charge in [-0.3, -0.25) is 4.79 Å². The number of benzene rings is 2. The molecule has 1 saturated carbocycles. The van der Waals surface area contributed by atoms with Gasteiger partial charge in [-0.2, -0.15) is 0 Å². The number of amides is 1. The van der Waals surface area contributed by atoms with E-state index in [2.05, 4.69) is 38.1 Å². The summed E-state index contributed by atoms with van der Waals surface area (Å²) >= 11 is 0. The monoisotopic (exact) mass is 371 g/mol. The normalized spacial score (nSPS) is 14.5. The third-order valence-electron chi connectivity index (χ3n) is 4.76. The highest BCUT2D eigenvalue weighted by atomic mass is 32.2. The number of rotatable bonds is 6. The van der Waals surface area contributed by atoms with Crippen LogP contribution in [0.2, 0.25) is 0 Å². The highest BCUT2D eigenvalue weighted by Gasteiger charge is 2.33. The second-order valence-electron chi connectivity index (χ2n) is 7.36. The third-order valence-corrected chi connectivity index (χ3v) is 5.87. The molecule has 0 saturated heterocycles. The molecular weight excluding hydrogens is 346 g/mol. The molecule has 138 valence electrons. The maximum Gasteiger partial charge on any atom is 0.254 e. The van der Waals surface area contributed by atoms with Gasteiger partial charge in [0.2, 0.25) is 0 Å². The lowest BCUT2D eigenvalue weighted by Crippen LogP contribution is -2.32. The summed E-state index contributed by atoms with van der Waals surface area (Å²) in [7, 11) is -3.33. The zero-order valence-electron chi connectivity index (χ0n) is 15.5. The van der Waals surface area contributed by atoms with Gasteiger partial charge in [0.25, 0.3) is 5.91 Å². The lowest BCUT2D eigenvalue weighted by molar-refractivity contribution is 0.0729. The van der Waals surface area contributed by atoms with Crippen molar-refractivity contribution in [1.82, 2.24) is 4.90 Å². The van der Waals surface area contributed by atoms with Crippen LogP contribution >= 0.6 is 0 Å². The molecule has 1 aliphatic rings. The molecule has 2 aromatic rings. The van der Waals surface area contributed by atoms with E-state index in [-0.39, 0.29) is 16.8 Å². The summed E-state index contributed by atoms with van der Waals surface area (Å²) in [5.74, 6) is 0.370. The molecule has 4 nitrogen and oxygen atoms in total. The Kier molecular flexibility index (Phi) is 5.19. The predicted molar refractivity (Wildman–Crippen MR) is 103 cm³/mol. The predicted octanol–water partition coefficient (Wildman–Crippen LogP) is 4.02. The van der Waals surface area contributed by atoms with E-state index in [9.17, 15) is 13.2 Å². The number of nitrogens with zero attached hydrogens (tertiary/aromatic N) is 1. The fourth-order valence-electron chi connectivity index (χ4n) is 2.98. The first-order valence-electron chi connectivity index (χ1n) is 8.95. The molecule has 1 fully saturated rings. The standard InChI is InChI=1S/C21H25NO3S/c1-15(2)17-9-7-16(8-10-17)14-22(19-11-12-19)21(23)18-5-4-6-20(13-18)26(3,24)25/h4-10,13,15,19H,11-12,14H2,1-3H3. The van der Waals surface area contributed by atoms with Gasteiger partial charge in [0, 0.05) is 24.4 Å². The zero-order valence-corrected chi connectivity index (χ0v) is 16.3. The topological polar surface area (TPSA) is 54.5 Å². The Hall–Kier alpha value is -2.14. The van der Waals surface area contributed by atoms with Crippen LogP contribution < -0.4 is 0 Å². The quantitative estimate of drug-likeness (QED) is 0.771. The number of hydrogen-bond donors (Lipinski definition) is 0. The molecule has 26 heavy (non-hydrogen) atoms. The van der Waals surface area contributed by atoms with Gasteiger partial charge in [0.05, 0.1) is 4.90 Å². The van der Waals surface area contributed by atoms with Gasteiger partial charge in [-0.25, -0.2) is 8.42 Å². The summed E-state index contributed by atoms with van der Waals surface area (Å²) in [6.07, 6.45) is 3.16. The van der Waals surface area contributed by atoms with Crippen LogP contribution in [0.4, 0.5) is 0 Å². The van der Waals surface area contributed by atoms with E-state index in [1.165, 1.54) is 17.7 Å². The van der Waals surface area contributed by atoms with Crippen LogP contribution in [0, 0.1) is 0 Å². The second kappa shape index (κ2) is 7.23. The lowest BCUT2D eigenvalue weighted by atomic mass is 10.0. The van der Waals surface area contributed by atoms with Crippen LogP contribution in [-0.4, -0.2) is 31.5 Å². The van der Waals surface area contributed by atoms with Gasteiger partial charge in [-0.05, 0) is 48.1 Å². The van der Waals surface area contributed by atoms with Gasteiger partial charge >= 0.3 is 0 Å². The Balaban J connectivity index is 1.83. The molecule has 0 aliphatic heterocycles. The van der Waals surface area contributed by atoms with Crippen LogP contribution in [0.5, 0.6) is 0 Å². The van der Waals surface area contributed by atoms with E-state index < -0.39 is 9.84 Å². The molecular formula is C21H25NO3S. The summed E-state index contributed by atoms with van der Waals surface area (Å²) in [5, 5.41) is 0. The SMILES string of the molecule is CC(C)c1ccc(CN(C(=O)c2cccc(S(C)(=O)=O)c2)C2CC2)cc1. The van der Waals surface area contributed by atoms with Crippen LogP contribution in [-0.2, 0) is 16.4 Å². The molecule has 5 heteroatoms. The fraction of sp³-hybridized carbons (Fsp3) is 0.381. The van der Waals surface area contributed by atoms with E-state index in [4.69, 9.17) is 0 Å². The zero-order chi connectivity index (χ0) is 18.9. The maximum atomic E-state index is 13.0. The Labute approximate surface area is 155 Å². The summed E-state index contributed by atoms with van der Waals surface area (Å²) in [4.78, 5) is 15.1. The highest BCUT2D eigenvalue weighted by molar-refractivity contribution is 7.90. The van der Waals surface area contributed by atoms with Crippen LogP contribution in [0.25, 0.3) is 0 Å². The van der Waals surface area contributed by atoms with Gasteiger partial charge in [-0.15, -0.1) is 0 Å². The molecule has 2 aromatic carbocycles. The number of hydrogen-bond acceptors (Lipinski definition) is 3. The van der Waals surface area contributed by atoms with Crippen LogP contribution in [0.3, 0.4) is 0 Å². The van der Waals surface area contributed by atoms with Crippen LogP contribution in [0.1, 0.15) is 54.1 Å². The van der Waals surface area contributed by atoms with Crippen molar-refractivity contribution < 1.29 is 13.2 Å². The Bertz CT molecular complexity index is 897. The van der Waals surface area contributed by atoms with Crippen molar-refractivity contribution in [3.8, 4) is 0 Å². The Morgan fingerprint density at radius 1 is 1.12 bits per heavy atom. The minimum absolute atomic E-state index is 0.106. The van der Waals surface area contributed by atoms with Gasteiger partial charge in [-0.1, -0.05) is 44.2 Å². The number of sulfone groups is 1. The Morgan fingerprint density at radius 3 is 2.31 bits per heavy atom. The molecule has 3 rings (SSSR count). The Morgan fingerprint density at radius 2 is 1.77 bits per heavy atom. The molecule has 1 aliphatic carbocycles. The van der Waals surface area contributed by atoms with Crippen molar-refractivity contribution >= 4 is 15.7 Å². The van der Waals surface area contributed by atoms with E-state index in [1.54, 1.807) is 12.1 Å². The van der Waals surface area contributed by atoms with E-state index in [0.29, 0.717) is 18.0 Å². The molecule has 0 heterocycles. The second-order valence-corrected chi connectivity index (χ2v) is 9.38. The first kappa shape index (κ1) is 18.6. The van der Waals surface area contributed by atoms with Crippen molar-refractivity contribution in [1.29, 1.82) is 0 Å². The fourth-order valence-corrected chi connectivity index (χ4v) is 3.65. The summed E-state index contributed by atoms with van der Waals surface area (Å²) in [5.41, 5.74) is 2.80. The van der Waals surface area contributed by atoms with Gasteiger partial charge in [0.1, 0.15) is 0 Å². The minimum atomic E-state index is -3.33. The highest BCUT2D eigenvalue weighted by Crippen LogP contribution is 2.30.